The third-order valence-electron chi connectivity index (χ3n) is 4.67. The Morgan fingerprint density at radius 1 is 1.07 bits per heavy atom. The van der Waals surface area contributed by atoms with E-state index in [2.05, 4.69) is 17.3 Å². The van der Waals surface area contributed by atoms with Gasteiger partial charge in [0.15, 0.2) is 12.3 Å². The SMILES string of the molecule is CCCCCn1nc(C(=O)OCC(=O)Nc2cccc(C)c2)c2ccccc2c1=O. The number of fused-ring (bicyclic) bond motifs is 1. The minimum atomic E-state index is -0.741. The predicted octanol–water partition coefficient (Wildman–Crippen LogP) is 3.69. The molecule has 0 unspecified atom stereocenters. The highest BCUT2D eigenvalue weighted by Gasteiger charge is 2.19. The first kappa shape index (κ1) is 21.2. The first-order valence-corrected chi connectivity index (χ1v) is 10.0. The van der Waals surface area contributed by atoms with E-state index in [0.717, 1.165) is 24.8 Å². The Morgan fingerprint density at radius 2 is 1.83 bits per heavy atom. The van der Waals surface area contributed by atoms with Crippen LogP contribution in [0.1, 0.15) is 42.2 Å². The first-order valence-electron chi connectivity index (χ1n) is 10.0. The molecule has 0 aliphatic heterocycles. The van der Waals surface area contributed by atoms with Crippen LogP contribution in [-0.4, -0.2) is 28.3 Å². The molecule has 1 amide bonds. The van der Waals surface area contributed by atoms with Crippen molar-refractivity contribution in [2.45, 2.75) is 39.7 Å². The number of aryl methyl sites for hydroxylation is 2. The molecule has 0 saturated heterocycles. The van der Waals surface area contributed by atoms with Crippen LogP contribution in [0.4, 0.5) is 5.69 Å². The zero-order valence-electron chi connectivity index (χ0n) is 17.2. The van der Waals surface area contributed by atoms with Gasteiger partial charge in [-0.2, -0.15) is 5.10 Å². The second-order valence-corrected chi connectivity index (χ2v) is 7.12. The van der Waals surface area contributed by atoms with Gasteiger partial charge in [0.2, 0.25) is 0 Å². The van der Waals surface area contributed by atoms with Crippen LogP contribution < -0.4 is 10.9 Å². The van der Waals surface area contributed by atoms with E-state index in [0.29, 0.717) is 23.0 Å². The first-order chi connectivity index (χ1) is 14.5. The molecule has 0 aliphatic rings. The van der Waals surface area contributed by atoms with Crippen molar-refractivity contribution in [2.75, 3.05) is 11.9 Å². The van der Waals surface area contributed by atoms with E-state index in [1.54, 1.807) is 30.3 Å². The second kappa shape index (κ2) is 9.82. The summed E-state index contributed by atoms with van der Waals surface area (Å²) in [6.07, 6.45) is 2.75. The summed E-state index contributed by atoms with van der Waals surface area (Å²) in [7, 11) is 0. The largest absolute Gasteiger partial charge is 0.451 e. The maximum Gasteiger partial charge on any atom is 0.359 e. The Kier molecular flexibility index (Phi) is 6.95. The molecule has 0 radical (unpaired) electrons. The number of amides is 1. The summed E-state index contributed by atoms with van der Waals surface area (Å²) in [6, 6.07) is 14.1. The number of nitrogens with one attached hydrogen (secondary N) is 1. The standard InChI is InChI=1S/C23H25N3O4/c1-3-4-7-13-26-22(28)19-12-6-5-11-18(19)21(25-26)23(29)30-15-20(27)24-17-10-8-9-16(2)14-17/h5-6,8-12,14H,3-4,7,13,15H2,1-2H3,(H,24,27). The van der Waals surface area contributed by atoms with Crippen LogP contribution in [-0.2, 0) is 16.1 Å². The third kappa shape index (κ3) is 5.11. The molecule has 0 saturated carbocycles. The summed E-state index contributed by atoms with van der Waals surface area (Å²) in [5, 5.41) is 7.75. The normalized spacial score (nSPS) is 10.7. The highest BCUT2D eigenvalue weighted by atomic mass is 16.5. The molecule has 1 aromatic heterocycles. The smallest absolute Gasteiger partial charge is 0.359 e. The number of hydrogen-bond acceptors (Lipinski definition) is 5. The van der Waals surface area contributed by atoms with E-state index in [9.17, 15) is 14.4 Å². The van der Waals surface area contributed by atoms with Gasteiger partial charge in [-0.15, -0.1) is 0 Å². The molecule has 7 heteroatoms. The fraction of sp³-hybridized carbons (Fsp3) is 0.304. The molecule has 0 fully saturated rings. The van der Waals surface area contributed by atoms with E-state index in [1.165, 1.54) is 4.68 Å². The maximum atomic E-state index is 12.7. The van der Waals surface area contributed by atoms with Crippen LogP contribution in [0.25, 0.3) is 10.8 Å². The lowest BCUT2D eigenvalue weighted by Crippen LogP contribution is -2.28. The van der Waals surface area contributed by atoms with Crippen molar-refractivity contribution < 1.29 is 14.3 Å². The minimum Gasteiger partial charge on any atom is -0.451 e. The predicted molar refractivity (Wildman–Crippen MR) is 116 cm³/mol. The van der Waals surface area contributed by atoms with Gasteiger partial charge in [0.05, 0.1) is 5.39 Å². The molecule has 3 rings (SSSR count). The molecule has 156 valence electrons. The highest BCUT2D eigenvalue weighted by Crippen LogP contribution is 2.15. The second-order valence-electron chi connectivity index (χ2n) is 7.12. The van der Waals surface area contributed by atoms with Gasteiger partial charge in [-0.25, -0.2) is 9.48 Å². The lowest BCUT2D eigenvalue weighted by molar-refractivity contribution is -0.119. The molecule has 3 aromatic rings. The topological polar surface area (TPSA) is 90.3 Å². The number of benzene rings is 2. The molecule has 1 N–H and O–H groups in total. The van der Waals surface area contributed by atoms with Crippen molar-refractivity contribution in [3.8, 4) is 0 Å². The molecular weight excluding hydrogens is 382 g/mol. The number of carbonyl (C=O) groups is 2. The van der Waals surface area contributed by atoms with Crippen LogP contribution >= 0.6 is 0 Å². The summed E-state index contributed by atoms with van der Waals surface area (Å²) in [5.41, 5.74) is 1.43. The van der Waals surface area contributed by atoms with E-state index >= 15 is 0 Å². The molecule has 2 aromatic carbocycles. The third-order valence-corrected chi connectivity index (χ3v) is 4.67. The van der Waals surface area contributed by atoms with E-state index in [1.807, 2.05) is 25.1 Å². The van der Waals surface area contributed by atoms with Crippen molar-refractivity contribution in [3.63, 3.8) is 0 Å². The van der Waals surface area contributed by atoms with Crippen LogP contribution in [0, 0.1) is 6.92 Å². The number of unbranched alkanes of at least 4 members (excludes halogenated alkanes) is 2. The quantitative estimate of drug-likeness (QED) is 0.454. The zero-order chi connectivity index (χ0) is 21.5. The molecule has 1 heterocycles. The number of anilines is 1. The minimum absolute atomic E-state index is 0.0325. The summed E-state index contributed by atoms with van der Waals surface area (Å²) in [5.74, 6) is -1.19. The molecule has 0 aliphatic carbocycles. The number of aromatic nitrogens is 2. The molecule has 7 nitrogen and oxygen atoms in total. The fourth-order valence-corrected chi connectivity index (χ4v) is 3.17. The Bertz CT molecular complexity index is 1120. The lowest BCUT2D eigenvalue weighted by atomic mass is 10.1. The molecule has 0 spiro atoms. The molecular formula is C23H25N3O4. The fourth-order valence-electron chi connectivity index (χ4n) is 3.17. The van der Waals surface area contributed by atoms with Gasteiger partial charge in [0.1, 0.15) is 0 Å². The Labute approximate surface area is 174 Å². The highest BCUT2D eigenvalue weighted by molar-refractivity contribution is 6.03. The Hall–Kier alpha value is -3.48. The summed E-state index contributed by atoms with van der Waals surface area (Å²) < 4.78 is 6.50. The number of hydrogen-bond donors (Lipinski definition) is 1. The average molecular weight is 407 g/mol. The Balaban J connectivity index is 1.77. The monoisotopic (exact) mass is 407 g/mol. The maximum absolute atomic E-state index is 12.7. The van der Waals surface area contributed by atoms with Crippen LogP contribution in [0.5, 0.6) is 0 Å². The van der Waals surface area contributed by atoms with Gasteiger partial charge in [-0.05, 0) is 37.1 Å². The van der Waals surface area contributed by atoms with Crippen molar-refractivity contribution >= 4 is 28.3 Å². The number of rotatable bonds is 8. The van der Waals surface area contributed by atoms with E-state index < -0.39 is 18.5 Å². The van der Waals surface area contributed by atoms with E-state index in [-0.39, 0.29) is 11.3 Å². The van der Waals surface area contributed by atoms with Crippen molar-refractivity contribution in [3.05, 3.63) is 70.1 Å². The van der Waals surface area contributed by atoms with Crippen LogP contribution in [0.15, 0.2) is 53.3 Å². The van der Waals surface area contributed by atoms with Crippen molar-refractivity contribution in [2.24, 2.45) is 0 Å². The molecule has 30 heavy (non-hydrogen) atoms. The number of esters is 1. The Morgan fingerprint density at radius 3 is 2.57 bits per heavy atom. The number of nitrogens with zero attached hydrogens (tertiary/aromatic N) is 2. The van der Waals surface area contributed by atoms with Gasteiger partial charge in [-0.1, -0.05) is 50.1 Å². The van der Waals surface area contributed by atoms with Crippen LogP contribution in [0.3, 0.4) is 0 Å². The van der Waals surface area contributed by atoms with Gasteiger partial charge >= 0.3 is 5.97 Å². The van der Waals surface area contributed by atoms with Crippen molar-refractivity contribution in [1.82, 2.24) is 9.78 Å². The number of ether oxygens (including phenoxy) is 1. The zero-order valence-corrected chi connectivity index (χ0v) is 17.2. The van der Waals surface area contributed by atoms with Gasteiger partial charge in [-0.3, -0.25) is 9.59 Å². The van der Waals surface area contributed by atoms with Gasteiger partial charge < -0.3 is 10.1 Å². The summed E-state index contributed by atoms with van der Waals surface area (Å²) in [6.45, 7) is 3.96. The van der Waals surface area contributed by atoms with Gasteiger partial charge in [0, 0.05) is 17.6 Å². The average Bonchev–Trinajstić information content (AvgIpc) is 2.74. The lowest BCUT2D eigenvalue weighted by Gasteiger charge is -2.11. The van der Waals surface area contributed by atoms with E-state index in [4.69, 9.17) is 4.74 Å². The summed E-state index contributed by atoms with van der Waals surface area (Å²) in [4.78, 5) is 37.5. The van der Waals surface area contributed by atoms with Gasteiger partial charge in [0.25, 0.3) is 11.5 Å². The van der Waals surface area contributed by atoms with Crippen LogP contribution in [0.2, 0.25) is 0 Å². The molecule has 0 bridgehead atoms. The number of carbonyl (C=O) groups excluding carboxylic acids is 2. The summed E-state index contributed by atoms with van der Waals surface area (Å²) >= 11 is 0. The molecule has 0 atom stereocenters. The van der Waals surface area contributed by atoms with Crippen molar-refractivity contribution in [1.29, 1.82) is 0 Å².